The first-order valence-electron chi connectivity index (χ1n) is 12.5. The lowest BCUT2D eigenvalue weighted by Crippen LogP contribution is -2.48. The topological polar surface area (TPSA) is 258 Å². The van der Waals surface area contributed by atoms with Crippen LogP contribution in [0.1, 0.15) is 37.7 Å². The van der Waals surface area contributed by atoms with Crippen molar-refractivity contribution in [1.82, 2.24) is 10.6 Å². The van der Waals surface area contributed by atoms with Crippen LogP contribution in [0.2, 0.25) is 0 Å². The van der Waals surface area contributed by atoms with Crippen molar-refractivity contribution in [2.24, 2.45) is 33.8 Å². The van der Waals surface area contributed by atoms with Gasteiger partial charge in [0.25, 0.3) is 0 Å². The number of hydrogen-bond donors (Lipinski definition) is 8. The van der Waals surface area contributed by atoms with Crippen molar-refractivity contribution in [2.45, 2.75) is 56.7 Å². The van der Waals surface area contributed by atoms with Gasteiger partial charge in [0, 0.05) is 6.54 Å². The van der Waals surface area contributed by atoms with E-state index in [9.17, 15) is 28.7 Å². The van der Waals surface area contributed by atoms with Gasteiger partial charge in [-0.2, -0.15) is 0 Å². The van der Waals surface area contributed by atoms with E-state index in [2.05, 4.69) is 20.1 Å². The van der Waals surface area contributed by atoms with Crippen molar-refractivity contribution >= 4 is 31.5 Å². The molecule has 0 heterocycles. The highest BCUT2D eigenvalue weighted by Gasteiger charge is 2.31. The van der Waals surface area contributed by atoms with Crippen LogP contribution in [0.3, 0.4) is 0 Å². The highest BCUT2D eigenvalue weighted by molar-refractivity contribution is 7.46. The Kier molecular flexibility index (Phi) is 12.6. The number of guanidine groups is 1. The second-order valence-electron chi connectivity index (χ2n) is 9.30. The average molecular weight is 568 g/mol. The minimum atomic E-state index is -4.84. The first-order chi connectivity index (χ1) is 18.4. The molecule has 0 bridgehead atoms. The zero-order valence-electron chi connectivity index (χ0n) is 21.6. The number of carbonyl (C=O) groups excluding carboxylic acids is 3. The van der Waals surface area contributed by atoms with E-state index in [1.165, 1.54) is 0 Å². The second kappa shape index (κ2) is 15.3. The van der Waals surface area contributed by atoms with Gasteiger partial charge in [-0.05, 0) is 44.1 Å². The van der Waals surface area contributed by atoms with Crippen molar-refractivity contribution in [3.8, 4) is 0 Å². The van der Waals surface area contributed by atoms with E-state index in [4.69, 9.17) is 22.9 Å². The van der Waals surface area contributed by atoms with Gasteiger partial charge in [0.15, 0.2) is 5.96 Å². The van der Waals surface area contributed by atoms with Gasteiger partial charge in [-0.15, -0.1) is 0 Å². The summed E-state index contributed by atoms with van der Waals surface area (Å²) in [6.07, 6.45) is 4.08. The first kappa shape index (κ1) is 31.9. The number of nitrogens with one attached hydrogen (secondary N) is 2. The molecule has 1 aliphatic carbocycles. The Morgan fingerprint density at radius 1 is 1.15 bits per heavy atom. The maximum absolute atomic E-state index is 13.1. The highest BCUT2D eigenvalue weighted by atomic mass is 31.2. The van der Waals surface area contributed by atoms with Crippen molar-refractivity contribution in [3.63, 3.8) is 0 Å². The summed E-state index contributed by atoms with van der Waals surface area (Å²) in [7, 11) is -4.84. The number of primary amides is 1. The van der Waals surface area contributed by atoms with Crippen LogP contribution in [0.4, 0.5) is 0 Å². The number of benzene rings is 1. The van der Waals surface area contributed by atoms with E-state index >= 15 is 0 Å². The molecule has 3 amide bonds. The fourth-order valence-electron chi connectivity index (χ4n) is 4.25. The summed E-state index contributed by atoms with van der Waals surface area (Å²) in [4.78, 5) is 59.9. The Morgan fingerprint density at radius 2 is 1.85 bits per heavy atom. The summed E-state index contributed by atoms with van der Waals surface area (Å²) in [5, 5.41) is 5.32. The smallest absolute Gasteiger partial charge is 0.370 e. The molecule has 1 saturated carbocycles. The number of aliphatic imine (C=N–C) groups is 1. The lowest BCUT2D eigenvalue weighted by atomic mass is 9.98. The third-order valence-electron chi connectivity index (χ3n) is 6.13. The van der Waals surface area contributed by atoms with Gasteiger partial charge < -0.3 is 43.4 Å². The number of rotatable bonds is 15. The fraction of sp³-hybridized carbons (Fsp3) is 0.500. The summed E-state index contributed by atoms with van der Waals surface area (Å²) in [5.41, 5.74) is 23.6. The third-order valence-corrected chi connectivity index (χ3v) is 6.61. The summed E-state index contributed by atoms with van der Waals surface area (Å²) < 4.78 is 16.0. The van der Waals surface area contributed by atoms with Crippen LogP contribution < -0.4 is 33.6 Å². The Bertz CT molecular complexity index is 1090. The van der Waals surface area contributed by atoms with Gasteiger partial charge in [0.1, 0.15) is 6.04 Å². The van der Waals surface area contributed by atoms with E-state index in [0.717, 1.165) is 5.56 Å². The van der Waals surface area contributed by atoms with E-state index in [-0.39, 0.29) is 25.3 Å². The predicted octanol–water partition coefficient (Wildman–Crippen LogP) is -1.10. The first-order valence-corrected chi connectivity index (χ1v) is 14.0. The number of hydrogen-bond acceptors (Lipinski definition) is 7. The molecule has 14 nitrogen and oxygen atoms in total. The molecule has 0 radical (unpaired) electrons. The molecule has 39 heavy (non-hydrogen) atoms. The van der Waals surface area contributed by atoms with Gasteiger partial charge in [-0.25, -0.2) is 4.57 Å². The molecule has 12 N–H and O–H groups in total. The summed E-state index contributed by atoms with van der Waals surface area (Å²) in [6, 6.07) is 6.29. The van der Waals surface area contributed by atoms with Gasteiger partial charge in [0.05, 0.1) is 24.6 Å². The molecule has 1 aliphatic rings. The number of amides is 3. The number of phosphoric acid groups is 1. The van der Waals surface area contributed by atoms with Crippen LogP contribution >= 0.6 is 7.82 Å². The van der Waals surface area contributed by atoms with E-state index in [0.29, 0.717) is 31.3 Å². The Morgan fingerprint density at radius 3 is 2.46 bits per heavy atom. The Balaban J connectivity index is 2.12. The molecule has 1 aromatic rings. The lowest BCUT2D eigenvalue weighted by Gasteiger charge is -2.22. The fourth-order valence-corrected chi connectivity index (χ4v) is 4.60. The van der Waals surface area contributed by atoms with Crippen LogP contribution in [0.15, 0.2) is 47.0 Å². The van der Waals surface area contributed by atoms with Crippen LogP contribution in [-0.4, -0.2) is 64.7 Å². The largest absolute Gasteiger partial charge is 0.469 e. The number of nitrogens with zero attached hydrogens (tertiary/aromatic N) is 1. The predicted molar refractivity (Wildman–Crippen MR) is 145 cm³/mol. The molecule has 4 atom stereocenters. The third kappa shape index (κ3) is 12.0. The quantitative estimate of drug-likeness (QED) is 0.0417. The molecule has 0 aromatic heterocycles. The molecule has 0 unspecified atom stereocenters. The van der Waals surface area contributed by atoms with Crippen LogP contribution in [0.5, 0.6) is 0 Å². The van der Waals surface area contributed by atoms with Crippen LogP contribution in [0.25, 0.3) is 0 Å². The summed E-state index contributed by atoms with van der Waals surface area (Å²) in [5.74, 6) is -2.39. The molecule has 0 spiro atoms. The molecular formula is C24H38N7O7P. The molecule has 15 heteroatoms. The second-order valence-corrected chi connectivity index (χ2v) is 10.5. The molecule has 0 saturated heterocycles. The van der Waals surface area contributed by atoms with Crippen molar-refractivity contribution in [2.75, 3.05) is 13.2 Å². The molecule has 216 valence electrons. The number of carbonyl (C=O) groups is 3. The molecule has 1 aromatic carbocycles. The van der Waals surface area contributed by atoms with Gasteiger partial charge in [-0.1, -0.05) is 42.0 Å². The maximum atomic E-state index is 13.1. The molecular weight excluding hydrogens is 529 g/mol. The van der Waals surface area contributed by atoms with Gasteiger partial charge in [-0.3, -0.25) is 23.9 Å². The van der Waals surface area contributed by atoms with Crippen LogP contribution in [-0.2, 0) is 29.9 Å². The van der Waals surface area contributed by atoms with Crippen molar-refractivity contribution in [3.05, 3.63) is 47.5 Å². The normalized spacial score (nSPS) is 18.6. The monoisotopic (exact) mass is 567 g/mol. The Labute approximate surface area is 226 Å². The SMILES string of the molecule is NC(=O)[C@H](CCCN=C(N)N)NC(=O)[C@@H]1CCC/C1=C\[C@H](COP(=O)(O)O)NC(=O)[C@@H](N)Cc1ccccc1. The van der Waals surface area contributed by atoms with E-state index in [1.54, 1.807) is 6.08 Å². The molecule has 1 fully saturated rings. The standard InChI is InChI=1S/C24H38N7O7P/c25-19(12-15-6-2-1-3-7-15)23(34)30-17(14-38-39(35,36)37)13-16-8-4-9-18(16)22(33)31-20(21(26)32)10-5-11-29-24(27)28/h1-3,6-7,13,17-20H,4-5,8-12,14,25H2,(H2,26,32)(H,30,34)(H,31,33)(H4,27,28,29)(H2,35,36,37)/b16-13+/t17-,18-,19+,20+/m1/s1. The van der Waals surface area contributed by atoms with Gasteiger partial charge >= 0.3 is 7.82 Å². The minimum Gasteiger partial charge on any atom is -0.370 e. The summed E-state index contributed by atoms with van der Waals surface area (Å²) >= 11 is 0. The average Bonchev–Trinajstić information content (AvgIpc) is 3.32. The summed E-state index contributed by atoms with van der Waals surface area (Å²) in [6.45, 7) is -0.273. The number of phosphoric ester groups is 1. The van der Waals surface area contributed by atoms with E-state index in [1.807, 2.05) is 30.3 Å². The highest BCUT2D eigenvalue weighted by Crippen LogP contribution is 2.36. The zero-order valence-corrected chi connectivity index (χ0v) is 22.5. The molecule has 0 aliphatic heterocycles. The van der Waals surface area contributed by atoms with Crippen molar-refractivity contribution < 1.29 is 33.3 Å². The van der Waals surface area contributed by atoms with E-state index < -0.39 is 56.2 Å². The maximum Gasteiger partial charge on any atom is 0.469 e. The minimum absolute atomic E-state index is 0.0826. The zero-order chi connectivity index (χ0) is 29.0. The number of nitrogens with two attached hydrogens (primary N) is 4. The van der Waals surface area contributed by atoms with Crippen LogP contribution in [0, 0.1) is 5.92 Å². The Hall–Kier alpha value is -3.29. The van der Waals surface area contributed by atoms with Crippen molar-refractivity contribution in [1.29, 1.82) is 0 Å². The lowest BCUT2D eigenvalue weighted by molar-refractivity contribution is -0.129. The van der Waals surface area contributed by atoms with Gasteiger partial charge in [0.2, 0.25) is 17.7 Å². The molecule has 2 rings (SSSR count).